The minimum atomic E-state index is -0.604. The molecule has 0 saturated heterocycles. The van der Waals surface area contributed by atoms with E-state index < -0.39 is 6.10 Å². The Bertz CT molecular complexity index is 586. The number of aliphatic hydroxyl groups excluding tert-OH is 1. The van der Waals surface area contributed by atoms with Crippen molar-refractivity contribution in [3.8, 4) is 17.2 Å². The van der Waals surface area contributed by atoms with E-state index in [0.29, 0.717) is 12.3 Å². The molecule has 2 rings (SSSR count). The fourth-order valence-electron chi connectivity index (χ4n) is 2.12. The van der Waals surface area contributed by atoms with E-state index in [1.54, 1.807) is 25.3 Å². The highest BCUT2D eigenvalue weighted by molar-refractivity contribution is 5.31. The average molecular weight is 317 g/mol. The molecule has 5 heteroatoms. The summed E-state index contributed by atoms with van der Waals surface area (Å²) >= 11 is 0. The van der Waals surface area contributed by atoms with Crippen molar-refractivity contribution in [1.29, 1.82) is 0 Å². The van der Waals surface area contributed by atoms with E-state index in [1.807, 2.05) is 24.3 Å². The first-order valence-electron chi connectivity index (χ1n) is 7.61. The molecule has 23 heavy (non-hydrogen) atoms. The molecule has 0 amide bonds. The second-order valence-corrected chi connectivity index (χ2v) is 5.26. The van der Waals surface area contributed by atoms with Gasteiger partial charge in [-0.1, -0.05) is 18.2 Å². The summed E-state index contributed by atoms with van der Waals surface area (Å²) in [6.07, 6.45) is 0.276. The van der Waals surface area contributed by atoms with Crippen LogP contribution in [0.5, 0.6) is 17.2 Å². The third-order valence-corrected chi connectivity index (χ3v) is 3.39. The number of phenolic OH excluding ortho intramolecular Hbond substituents is 1. The van der Waals surface area contributed by atoms with E-state index in [0.717, 1.165) is 18.7 Å². The van der Waals surface area contributed by atoms with Crippen molar-refractivity contribution < 1.29 is 19.7 Å². The van der Waals surface area contributed by atoms with Crippen molar-refractivity contribution >= 4 is 0 Å². The zero-order valence-electron chi connectivity index (χ0n) is 13.2. The third-order valence-electron chi connectivity index (χ3n) is 3.39. The summed E-state index contributed by atoms with van der Waals surface area (Å²) in [5.41, 5.74) is 1.21. The first-order valence-corrected chi connectivity index (χ1v) is 7.61. The largest absolute Gasteiger partial charge is 0.508 e. The van der Waals surface area contributed by atoms with Crippen molar-refractivity contribution in [3.05, 3.63) is 54.1 Å². The molecular weight excluding hydrogens is 294 g/mol. The van der Waals surface area contributed by atoms with Crippen molar-refractivity contribution in [2.45, 2.75) is 12.5 Å². The fraction of sp³-hybridized carbons (Fsp3) is 0.333. The maximum atomic E-state index is 9.88. The highest BCUT2D eigenvalue weighted by Gasteiger charge is 2.05. The molecule has 0 aliphatic heterocycles. The van der Waals surface area contributed by atoms with Crippen LogP contribution in [0.1, 0.15) is 5.56 Å². The van der Waals surface area contributed by atoms with E-state index in [1.165, 1.54) is 11.6 Å². The number of aromatic hydroxyl groups is 1. The monoisotopic (exact) mass is 317 g/mol. The molecule has 0 aliphatic carbocycles. The predicted molar refractivity (Wildman–Crippen MR) is 89.2 cm³/mol. The molecule has 124 valence electrons. The lowest BCUT2D eigenvalue weighted by atomic mass is 10.1. The zero-order valence-corrected chi connectivity index (χ0v) is 13.2. The summed E-state index contributed by atoms with van der Waals surface area (Å²) in [7, 11) is 1.65. The molecule has 1 atom stereocenters. The van der Waals surface area contributed by atoms with Gasteiger partial charge in [0.25, 0.3) is 0 Å². The quantitative estimate of drug-likeness (QED) is 0.617. The molecule has 0 heterocycles. The number of hydrogen-bond acceptors (Lipinski definition) is 5. The molecule has 2 aromatic rings. The zero-order chi connectivity index (χ0) is 16.5. The van der Waals surface area contributed by atoms with Gasteiger partial charge in [-0.2, -0.15) is 0 Å². The van der Waals surface area contributed by atoms with E-state index in [2.05, 4.69) is 5.32 Å². The van der Waals surface area contributed by atoms with Crippen molar-refractivity contribution in [3.63, 3.8) is 0 Å². The molecule has 0 aliphatic rings. The van der Waals surface area contributed by atoms with Crippen molar-refractivity contribution in [1.82, 2.24) is 5.32 Å². The van der Waals surface area contributed by atoms with Crippen molar-refractivity contribution in [2.24, 2.45) is 0 Å². The standard InChI is InChI=1S/C18H23NO4/c1-22-17-7-5-14(6-8-17)9-10-19-12-16(21)13-23-18-4-2-3-15(20)11-18/h2-8,11,16,19-21H,9-10,12-13H2,1H3/t16-/m1/s1. The highest BCUT2D eigenvalue weighted by atomic mass is 16.5. The number of hydrogen-bond donors (Lipinski definition) is 3. The smallest absolute Gasteiger partial charge is 0.123 e. The van der Waals surface area contributed by atoms with E-state index in [9.17, 15) is 10.2 Å². The summed E-state index contributed by atoms with van der Waals surface area (Å²) in [5, 5.41) is 22.4. The lowest BCUT2D eigenvalue weighted by molar-refractivity contribution is 0.106. The summed E-state index contributed by atoms with van der Waals surface area (Å²) in [5.74, 6) is 1.54. The van der Waals surface area contributed by atoms with Crippen LogP contribution >= 0.6 is 0 Å². The van der Waals surface area contributed by atoms with Crippen molar-refractivity contribution in [2.75, 3.05) is 26.8 Å². The highest BCUT2D eigenvalue weighted by Crippen LogP contribution is 2.17. The van der Waals surface area contributed by atoms with Crippen LogP contribution in [0.15, 0.2) is 48.5 Å². The second-order valence-electron chi connectivity index (χ2n) is 5.26. The van der Waals surface area contributed by atoms with Gasteiger partial charge in [0, 0.05) is 12.6 Å². The minimum absolute atomic E-state index is 0.148. The lowest BCUT2D eigenvalue weighted by Crippen LogP contribution is -2.32. The van der Waals surface area contributed by atoms with Crippen LogP contribution in [0.3, 0.4) is 0 Å². The third kappa shape index (κ3) is 6.18. The van der Waals surface area contributed by atoms with Gasteiger partial charge in [-0.3, -0.25) is 0 Å². The average Bonchev–Trinajstić information content (AvgIpc) is 2.57. The van der Waals surface area contributed by atoms with Crippen LogP contribution in [0.25, 0.3) is 0 Å². The topological polar surface area (TPSA) is 71.0 Å². The van der Waals surface area contributed by atoms with Crippen LogP contribution in [-0.4, -0.2) is 43.1 Å². The van der Waals surface area contributed by atoms with Crippen LogP contribution in [-0.2, 0) is 6.42 Å². The Hall–Kier alpha value is -2.24. The van der Waals surface area contributed by atoms with Gasteiger partial charge in [-0.05, 0) is 42.8 Å². The Labute approximate surface area is 136 Å². The Morgan fingerprint density at radius 1 is 1.09 bits per heavy atom. The number of rotatable bonds is 9. The molecular formula is C18H23NO4. The van der Waals surface area contributed by atoms with Crippen LogP contribution in [0.2, 0.25) is 0 Å². The molecule has 0 aromatic heterocycles. The summed E-state index contributed by atoms with van der Waals surface area (Å²) < 4.78 is 10.5. The van der Waals surface area contributed by atoms with Crippen LogP contribution in [0, 0.1) is 0 Å². The van der Waals surface area contributed by atoms with Gasteiger partial charge < -0.3 is 25.0 Å². The van der Waals surface area contributed by atoms with Gasteiger partial charge in [0.05, 0.1) is 7.11 Å². The minimum Gasteiger partial charge on any atom is -0.508 e. The maximum absolute atomic E-state index is 9.88. The number of phenols is 1. The predicted octanol–water partition coefficient (Wildman–Crippen LogP) is 1.97. The lowest BCUT2D eigenvalue weighted by Gasteiger charge is -2.13. The number of nitrogens with one attached hydrogen (secondary N) is 1. The molecule has 2 aromatic carbocycles. The molecule has 0 fully saturated rings. The molecule has 0 bridgehead atoms. The first kappa shape index (κ1) is 17.1. The number of methoxy groups -OCH3 is 1. The Morgan fingerprint density at radius 3 is 2.57 bits per heavy atom. The van der Waals surface area contributed by atoms with Gasteiger partial charge in [0.1, 0.15) is 30.0 Å². The second kappa shape index (κ2) is 9.02. The van der Waals surface area contributed by atoms with Gasteiger partial charge in [0.2, 0.25) is 0 Å². The summed E-state index contributed by atoms with van der Waals surface area (Å²) in [6, 6.07) is 14.5. The van der Waals surface area contributed by atoms with Gasteiger partial charge in [-0.25, -0.2) is 0 Å². The number of benzene rings is 2. The Morgan fingerprint density at radius 2 is 1.87 bits per heavy atom. The van der Waals surface area contributed by atoms with Gasteiger partial charge >= 0.3 is 0 Å². The molecule has 0 radical (unpaired) electrons. The van der Waals surface area contributed by atoms with E-state index >= 15 is 0 Å². The van der Waals surface area contributed by atoms with Crippen LogP contribution in [0.4, 0.5) is 0 Å². The van der Waals surface area contributed by atoms with E-state index in [4.69, 9.17) is 9.47 Å². The molecule has 3 N–H and O–H groups in total. The Balaban J connectivity index is 1.61. The Kier molecular flexibility index (Phi) is 6.72. The van der Waals surface area contributed by atoms with E-state index in [-0.39, 0.29) is 12.4 Å². The summed E-state index contributed by atoms with van der Waals surface area (Å²) in [6.45, 7) is 1.41. The number of ether oxygens (including phenoxy) is 2. The van der Waals surface area contributed by atoms with Gasteiger partial charge in [-0.15, -0.1) is 0 Å². The molecule has 0 saturated carbocycles. The SMILES string of the molecule is COc1ccc(CCNC[C@@H](O)COc2cccc(O)c2)cc1. The molecule has 5 nitrogen and oxygen atoms in total. The molecule has 0 unspecified atom stereocenters. The first-order chi connectivity index (χ1) is 11.2. The van der Waals surface area contributed by atoms with Gasteiger partial charge in [0.15, 0.2) is 0 Å². The van der Waals surface area contributed by atoms with Crippen LogP contribution < -0.4 is 14.8 Å². The summed E-state index contributed by atoms with van der Waals surface area (Å²) in [4.78, 5) is 0. The number of aliphatic hydroxyl groups is 1. The molecule has 0 spiro atoms. The maximum Gasteiger partial charge on any atom is 0.123 e. The fourth-order valence-corrected chi connectivity index (χ4v) is 2.12. The normalized spacial score (nSPS) is 11.9.